The van der Waals surface area contributed by atoms with Crippen LogP contribution < -0.4 is 5.32 Å². The van der Waals surface area contributed by atoms with Gasteiger partial charge in [0, 0.05) is 6.07 Å². The topological polar surface area (TPSA) is 85.6 Å². The van der Waals surface area contributed by atoms with Gasteiger partial charge in [-0.1, -0.05) is 12.1 Å². The van der Waals surface area contributed by atoms with E-state index in [9.17, 15) is 9.18 Å². The fourth-order valence-corrected chi connectivity index (χ4v) is 1.84. The number of aromatic nitrogens is 5. The van der Waals surface area contributed by atoms with Crippen LogP contribution in [0.1, 0.15) is 5.56 Å². The molecule has 22 heavy (non-hydrogen) atoms. The van der Waals surface area contributed by atoms with Gasteiger partial charge in [-0.15, -0.1) is 0 Å². The predicted octanol–water partition coefficient (Wildman–Crippen LogP) is 1.38. The normalized spacial score (nSPS) is 10.4. The van der Waals surface area contributed by atoms with E-state index in [1.165, 1.54) is 35.8 Å². The Morgan fingerprint density at radius 2 is 2.00 bits per heavy atom. The van der Waals surface area contributed by atoms with Crippen LogP contribution in [0, 0.1) is 5.82 Å². The summed E-state index contributed by atoms with van der Waals surface area (Å²) in [5.74, 6) is 0.254. The summed E-state index contributed by atoms with van der Waals surface area (Å²) in [7, 11) is 0. The Balaban J connectivity index is 1.69. The minimum absolute atomic E-state index is 0.128. The second-order valence-electron chi connectivity index (χ2n) is 4.45. The zero-order valence-corrected chi connectivity index (χ0v) is 11.3. The standard InChI is InChI=1S/C14H11FN6O/c15-11-3-1-10(2-4-11)5-14(22)20-12-6-13(18-8-17-12)21-9-16-7-19-21/h1-4,6-9H,5H2,(H,17,18,20,22). The van der Waals surface area contributed by atoms with Crippen LogP contribution in [0.3, 0.4) is 0 Å². The lowest BCUT2D eigenvalue weighted by Crippen LogP contribution is -2.16. The summed E-state index contributed by atoms with van der Waals surface area (Å²) in [6, 6.07) is 7.34. The van der Waals surface area contributed by atoms with Crippen LogP contribution in [-0.2, 0) is 11.2 Å². The molecule has 1 amide bonds. The van der Waals surface area contributed by atoms with Crippen molar-refractivity contribution in [3.05, 3.63) is 60.7 Å². The lowest BCUT2D eigenvalue weighted by Gasteiger charge is -2.06. The molecule has 8 heteroatoms. The Morgan fingerprint density at radius 3 is 2.73 bits per heavy atom. The van der Waals surface area contributed by atoms with Gasteiger partial charge in [-0.05, 0) is 17.7 Å². The number of nitrogens with one attached hydrogen (secondary N) is 1. The van der Waals surface area contributed by atoms with Gasteiger partial charge in [-0.2, -0.15) is 5.10 Å². The molecule has 0 bridgehead atoms. The van der Waals surface area contributed by atoms with Gasteiger partial charge in [-0.3, -0.25) is 4.79 Å². The lowest BCUT2D eigenvalue weighted by atomic mass is 10.1. The fraction of sp³-hybridized carbons (Fsp3) is 0.0714. The van der Waals surface area contributed by atoms with Crippen LogP contribution in [0.5, 0.6) is 0 Å². The molecule has 3 rings (SSSR count). The second-order valence-corrected chi connectivity index (χ2v) is 4.45. The Hall–Kier alpha value is -3.16. The molecule has 2 aromatic heterocycles. The van der Waals surface area contributed by atoms with E-state index < -0.39 is 0 Å². The third-order valence-corrected chi connectivity index (χ3v) is 2.85. The number of benzene rings is 1. The molecular formula is C14H11FN6O. The van der Waals surface area contributed by atoms with Gasteiger partial charge in [0.2, 0.25) is 5.91 Å². The fourth-order valence-electron chi connectivity index (χ4n) is 1.84. The summed E-state index contributed by atoms with van der Waals surface area (Å²) in [6.07, 6.45) is 4.33. The summed E-state index contributed by atoms with van der Waals surface area (Å²) in [5, 5.41) is 6.61. The maximum absolute atomic E-state index is 12.8. The molecule has 0 atom stereocenters. The van der Waals surface area contributed by atoms with Crippen molar-refractivity contribution in [2.75, 3.05) is 5.32 Å². The lowest BCUT2D eigenvalue weighted by molar-refractivity contribution is -0.115. The van der Waals surface area contributed by atoms with E-state index in [1.807, 2.05) is 0 Å². The largest absolute Gasteiger partial charge is 0.310 e. The molecule has 0 aliphatic carbocycles. The predicted molar refractivity (Wildman–Crippen MR) is 75.7 cm³/mol. The zero-order chi connectivity index (χ0) is 15.4. The molecule has 0 radical (unpaired) electrons. The number of carbonyl (C=O) groups is 1. The first-order valence-electron chi connectivity index (χ1n) is 6.42. The molecule has 0 aliphatic heterocycles. The second kappa shape index (κ2) is 6.08. The molecule has 110 valence electrons. The SMILES string of the molecule is O=C(Cc1ccc(F)cc1)Nc1cc(-n2cncn2)ncn1. The highest BCUT2D eigenvalue weighted by molar-refractivity contribution is 5.91. The summed E-state index contributed by atoms with van der Waals surface area (Å²) in [6.45, 7) is 0. The maximum atomic E-state index is 12.8. The average Bonchev–Trinajstić information content (AvgIpc) is 3.04. The Morgan fingerprint density at radius 1 is 1.18 bits per heavy atom. The number of rotatable bonds is 4. The zero-order valence-electron chi connectivity index (χ0n) is 11.3. The Bertz CT molecular complexity index is 772. The van der Waals surface area contributed by atoms with Crippen molar-refractivity contribution >= 4 is 11.7 Å². The van der Waals surface area contributed by atoms with Gasteiger partial charge >= 0.3 is 0 Å². The highest BCUT2D eigenvalue weighted by atomic mass is 19.1. The maximum Gasteiger partial charge on any atom is 0.229 e. The van der Waals surface area contributed by atoms with E-state index in [0.29, 0.717) is 17.2 Å². The quantitative estimate of drug-likeness (QED) is 0.786. The molecule has 0 unspecified atom stereocenters. The minimum Gasteiger partial charge on any atom is -0.310 e. The van der Waals surface area contributed by atoms with Crippen molar-refractivity contribution in [3.8, 4) is 5.82 Å². The average molecular weight is 298 g/mol. The monoisotopic (exact) mass is 298 g/mol. The molecule has 1 aromatic carbocycles. The van der Waals surface area contributed by atoms with Gasteiger partial charge < -0.3 is 5.32 Å². The Labute approximate surface area is 124 Å². The van der Waals surface area contributed by atoms with Gasteiger partial charge in [0.15, 0.2) is 5.82 Å². The summed E-state index contributed by atoms with van der Waals surface area (Å²) in [4.78, 5) is 23.8. The third-order valence-electron chi connectivity index (χ3n) is 2.85. The number of carbonyl (C=O) groups excluding carboxylic acids is 1. The molecule has 0 fully saturated rings. The smallest absolute Gasteiger partial charge is 0.229 e. The van der Waals surface area contributed by atoms with Gasteiger partial charge in [-0.25, -0.2) is 24.0 Å². The van der Waals surface area contributed by atoms with Crippen LogP contribution in [0.2, 0.25) is 0 Å². The summed E-state index contributed by atoms with van der Waals surface area (Å²) < 4.78 is 14.3. The molecule has 0 saturated heterocycles. The highest BCUT2D eigenvalue weighted by Gasteiger charge is 2.07. The molecule has 0 saturated carbocycles. The molecule has 3 aromatic rings. The van der Waals surface area contributed by atoms with Crippen LogP contribution in [0.4, 0.5) is 10.2 Å². The van der Waals surface area contributed by atoms with Gasteiger partial charge in [0.05, 0.1) is 6.42 Å². The number of anilines is 1. The molecular weight excluding hydrogens is 287 g/mol. The van der Waals surface area contributed by atoms with Crippen molar-refractivity contribution in [1.29, 1.82) is 0 Å². The summed E-state index contributed by atoms with van der Waals surface area (Å²) >= 11 is 0. The molecule has 2 heterocycles. The van der Waals surface area contributed by atoms with Crippen molar-refractivity contribution in [2.45, 2.75) is 6.42 Å². The van der Waals surface area contributed by atoms with Crippen LogP contribution >= 0.6 is 0 Å². The first-order chi connectivity index (χ1) is 10.7. The van der Waals surface area contributed by atoms with E-state index in [4.69, 9.17) is 0 Å². The molecule has 1 N–H and O–H groups in total. The first-order valence-corrected chi connectivity index (χ1v) is 6.42. The molecule has 0 spiro atoms. The third kappa shape index (κ3) is 3.29. The van der Waals surface area contributed by atoms with Crippen molar-refractivity contribution in [2.24, 2.45) is 0 Å². The van der Waals surface area contributed by atoms with Crippen molar-refractivity contribution < 1.29 is 9.18 Å². The number of nitrogens with zero attached hydrogens (tertiary/aromatic N) is 5. The number of amides is 1. The number of hydrogen-bond acceptors (Lipinski definition) is 5. The van der Waals surface area contributed by atoms with Crippen molar-refractivity contribution in [3.63, 3.8) is 0 Å². The molecule has 7 nitrogen and oxygen atoms in total. The van der Waals surface area contributed by atoms with Gasteiger partial charge in [0.1, 0.15) is 30.6 Å². The van der Waals surface area contributed by atoms with Crippen LogP contribution in [0.25, 0.3) is 5.82 Å². The van der Waals surface area contributed by atoms with E-state index in [-0.39, 0.29) is 18.1 Å². The minimum atomic E-state index is -0.336. The summed E-state index contributed by atoms with van der Waals surface area (Å²) in [5.41, 5.74) is 0.712. The highest BCUT2D eigenvalue weighted by Crippen LogP contribution is 2.09. The van der Waals surface area contributed by atoms with E-state index >= 15 is 0 Å². The van der Waals surface area contributed by atoms with E-state index in [0.717, 1.165) is 0 Å². The van der Waals surface area contributed by atoms with Crippen molar-refractivity contribution in [1.82, 2.24) is 24.7 Å². The first kappa shape index (κ1) is 13.8. The number of halogens is 1. The molecule has 0 aliphatic rings. The van der Waals surface area contributed by atoms with E-state index in [2.05, 4.69) is 25.4 Å². The van der Waals surface area contributed by atoms with Crippen LogP contribution in [0.15, 0.2) is 49.3 Å². The Kier molecular flexibility index (Phi) is 3.82. The van der Waals surface area contributed by atoms with E-state index in [1.54, 1.807) is 18.2 Å². The number of hydrogen-bond donors (Lipinski definition) is 1. The van der Waals surface area contributed by atoms with Gasteiger partial charge in [0.25, 0.3) is 0 Å². The van der Waals surface area contributed by atoms with Crippen LogP contribution in [-0.4, -0.2) is 30.6 Å².